The molecule has 2 atom stereocenters. The van der Waals surface area contributed by atoms with Gasteiger partial charge in [0.15, 0.2) is 5.78 Å². The van der Waals surface area contributed by atoms with Gasteiger partial charge in [0.2, 0.25) is 0 Å². The van der Waals surface area contributed by atoms with Gasteiger partial charge in [-0.15, -0.1) is 0 Å². The van der Waals surface area contributed by atoms with E-state index >= 15 is 0 Å². The number of anilines is 1. The van der Waals surface area contributed by atoms with E-state index in [1.807, 2.05) is 54.6 Å². The van der Waals surface area contributed by atoms with Gasteiger partial charge in [0.25, 0.3) is 5.91 Å². The van der Waals surface area contributed by atoms with Crippen LogP contribution in [0.4, 0.5) is 5.69 Å². The van der Waals surface area contributed by atoms with Crippen LogP contribution in [-0.4, -0.2) is 22.8 Å². The molecule has 5 aromatic rings. The molecule has 0 aromatic heterocycles. The van der Waals surface area contributed by atoms with Gasteiger partial charge in [-0.25, -0.2) is 0 Å². The first-order chi connectivity index (χ1) is 22.9. The van der Waals surface area contributed by atoms with E-state index in [1.165, 1.54) is 0 Å². The Kier molecular flexibility index (Phi) is 8.27. The molecule has 0 spiro atoms. The van der Waals surface area contributed by atoms with E-state index in [-0.39, 0.29) is 29.9 Å². The standard InChI is InChI=1S/C41H36N2O4/c42-24-25-7-5-9-27(21-25)32-12-3-4-13-36(32)41(47)43-30-17-15-26(16-18-30)40(46)37-22-28-8-1-2-11-31(28)35-20-19-33-29(23-38(44)45)10-6-14-34(33)39(35)37/h1-5,7-9,11-13,15-21,29,37H,6,10,14,22-24,42H2,(H,43,47)(H,44,45). The fourth-order valence-electron chi connectivity index (χ4n) is 7.50. The lowest BCUT2D eigenvalue weighted by Gasteiger charge is -2.34. The number of amides is 1. The van der Waals surface area contributed by atoms with Crippen LogP contribution in [0.5, 0.6) is 0 Å². The Hall–Kier alpha value is -5.33. The van der Waals surface area contributed by atoms with Gasteiger partial charge >= 0.3 is 5.97 Å². The Morgan fingerprint density at radius 1 is 0.809 bits per heavy atom. The number of ketones is 1. The maximum atomic E-state index is 14.3. The maximum absolute atomic E-state index is 14.3. The molecule has 2 aliphatic carbocycles. The van der Waals surface area contributed by atoms with Crippen molar-refractivity contribution >= 4 is 23.3 Å². The zero-order valence-corrected chi connectivity index (χ0v) is 26.0. The van der Waals surface area contributed by atoms with Crippen molar-refractivity contribution in [2.45, 2.75) is 50.5 Å². The lowest BCUT2D eigenvalue weighted by atomic mass is 9.69. The number of fused-ring (bicyclic) bond motifs is 5. The third kappa shape index (κ3) is 5.88. The number of nitrogens with one attached hydrogen (secondary N) is 1. The van der Waals surface area contributed by atoms with E-state index in [0.29, 0.717) is 29.8 Å². The summed E-state index contributed by atoms with van der Waals surface area (Å²) in [4.78, 5) is 39.5. The number of hydrogen-bond acceptors (Lipinski definition) is 4. The molecule has 1 amide bonds. The Morgan fingerprint density at radius 3 is 2.36 bits per heavy atom. The smallest absolute Gasteiger partial charge is 0.303 e. The number of benzene rings is 5. The average molecular weight is 621 g/mol. The van der Waals surface area contributed by atoms with E-state index in [4.69, 9.17) is 5.73 Å². The minimum atomic E-state index is -0.796. The van der Waals surface area contributed by atoms with Crippen LogP contribution >= 0.6 is 0 Å². The summed E-state index contributed by atoms with van der Waals surface area (Å²) in [7, 11) is 0. The topological polar surface area (TPSA) is 109 Å². The molecule has 0 radical (unpaired) electrons. The van der Waals surface area contributed by atoms with Crippen molar-refractivity contribution in [2.24, 2.45) is 5.73 Å². The first kappa shape index (κ1) is 30.3. The Balaban J connectivity index is 1.18. The molecule has 0 fully saturated rings. The number of hydrogen-bond donors (Lipinski definition) is 3. The summed E-state index contributed by atoms with van der Waals surface area (Å²) >= 11 is 0. The van der Waals surface area contributed by atoms with Crippen LogP contribution < -0.4 is 11.1 Å². The van der Waals surface area contributed by atoms with E-state index in [2.05, 4.69) is 29.6 Å². The molecule has 47 heavy (non-hydrogen) atoms. The van der Waals surface area contributed by atoms with E-state index < -0.39 is 5.97 Å². The lowest BCUT2D eigenvalue weighted by molar-refractivity contribution is -0.137. The largest absolute Gasteiger partial charge is 0.481 e. The summed E-state index contributed by atoms with van der Waals surface area (Å²) < 4.78 is 0. The molecule has 0 heterocycles. The van der Waals surface area contributed by atoms with Crippen LogP contribution in [0.25, 0.3) is 22.3 Å². The van der Waals surface area contributed by atoms with Crippen molar-refractivity contribution in [1.82, 2.24) is 0 Å². The molecule has 6 heteroatoms. The van der Waals surface area contributed by atoms with Gasteiger partial charge in [-0.1, -0.05) is 72.8 Å². The number of carboxylic acids is 1. The van der Waals surface area contributed by atoms with Crippen molar-refractivity contribution in [1.29, 1.82) is 0 Å². The predicted molar refractivity (Wildman–Crippen MR) is 185 cm³/mol. The van der Waals surface area contributed by atoms with Crippen LogP contribution in [0.1, 0.15) is 79.6 Å². The van der Waals surface area contributed by atoms with Gasteiger partial charge in [0.1, 0.15) is 0 Å². The monoisotopic (exact) mass is 620 g/mol. The molecule has 2 aliphatic rings. The number of aliphatic carboxylic acids is 1. The van der Waals surface area contributed by atoms with Crippen molar-refractivity contribution in [3.05, 3.63) is 148 Å². The number of rotatable bonds is 8. The first-order valence-corrected chi connectivity index (χ1v) is 16.2. The Morgan fingerprint density at radius 2 is 1.57 bits per heavy atom. The van der Waals surface area contributed by atoms with E-state index in [1.54, 1.807) is 30.3 Å². The summed E-state index contributed by atoms with van der Waals surface area (Å²) in [6, 6.07) is 34.9. The van der Waals surface area contributed by atoms with Crippen molar-refractivity contribution in [2.75, 3.05) is 5.32 Å². The first-order valence-electron chi connectivity index (χ1n) is 16.2. The van der Waals surface area contributed by atoms with Gasteiger partial charge in [-0.2, -0.15) is 0 Å². The van der Waals surface area contributed by atoms with E-state index in [0.717, 1.165) is 69.3 Å². The van der Waals surface area contributed by atoms with Crippen molar-refractivity contribution in [3.8, 4) is 22.3 Å². The average Bonchev–Trinajstić information content (AvgIpc) is 3.11. The normalized spacial score (nSPS) is 16.4. The van der Waals surface area contributed by atoms with Gasteiger partial charge in [0.05, 0.1) is 12.3 Å². The third-order valence-electron chi connectivity index (χ3n) is 9.70. The lowest BCUT2D eigenvalue weighted by Crippen LogP contribution is -2.25. The predicted octanol–water partition coefficient (Wildman–Crippen LogP) is 8.15. The SMILES string of the molecule is NCc1cccc(-c2ccccc2C(=O)Nc2ccc(C(=O)C3Cc4ccccc4-c4ccc5c(c43)CCCC5CC(=O)O)cc2)c1. The molecule has 0 saturated heterocycles. The number of carboxylic acid groups (broad SMARTS) is 1. The fraction of sp³-hybridized carbons (Fsp3) is 0.195. The fourth-order valence-corrected chi connectivity index (χ4v) is 7.50. The second-order valence-electron chi connectivity index (χ2n) is 12.5. The zero-order valence-electron chi connectivity index (χ0n) is 26.0. The van der Waals surface area contributed by atoms with Crippen LogP contribution in [0.3, 0.4) is 0 Å². The Labute approximate surface area is 274 Å². The molecule has 234 valence electrons. The van der Waals surface area contributed by atoms with Crippen LogP contribution in [0, 0.1) is 0 Å². The number of carbonyl (C=O) groups excluding carboxylic acids is 2. The second-order valence-corrected chi connectivity index (χ2v) is 12.5. The Bertz CT molecular complexity index is 2010. The summed E-state index contributed by atoms with van der Waals surface area (Å²) in [6.45, 7) is 0.417. The molecular formula is C41H36N2O4. The molecule has 0 saturated carbocycles. The molecule has 7 rings (SSSR count). The van der Waals surface area contributed by atoms with Crippen LogP contribution in [0.2, 0.25) is 0 Å². The number of Topliss-reactive ketones (excluding diaryl/α,β-unsaturated/α-hetero) is 1. The van der Waals surface area contributed by atoms with E-state index in [9.17, 15) is 19.5 Å². The van der Waals surface area contributed by atoms with Crippen LogP contribution in [0.15, 0.2) is 109 Å². The summed E-state index contributed by atoms with van der Waals surface area (Å²) in [5.74, 6) is -1.44. The number of nitrogens with two attached hydrogens (primary N) is 1. The molecule has 2 unspecified atom stereocenters. The second kappa shape index (κ2) is 12.8. The molecule has 4 N–H and O–H groups in total. The highest BCUT2D eigenvalue weighted by Gasteiger charge is 2.35. The molecule has 5 aromatic carbocycles. The highest BCUT2D eigenvalue weighted by molar-refractivity contribution is 6.09. The van der Waals surface area contributed by atoms with Crippen molar-refractivity contribution in [3.63, 3.8) is 0 Å². The highest BCUT2D eigenvalue weighted by atomic mass is 16.4. The molecule has 0 bridgehead atoms. The molecular weight excluding hydrogens is 584 g/mol. The molecule has 6 nitrogen and oxygen atoms in total. The summed E-state index contributed by atoms with van der Waals surface area (Å²) in [6.07, 6.45) is 3.26. The van der Waals surface area contributed by atoms with Crippen molar-refractivity contribution < 1.29 is 19.5 Å². The zero-order chi connectivity index (χ0) is 32.5. The van der Waals surface area contributed by atoms with Gasteiger partial charge in [0, 0.05) is 23.4 Å². The summed E-state index contributed by atoms with van der Waals surface area (Å²) in [5, 5.41) is 12.6. The van der Waals surface area contributed by atoms with Gasteiger partial charge < -0.3 is 16.2 Å². The number of carbonyl (C=O) groups is 3. The maximum Gasteiger partial charge on any atom is 0.303 e. The summed E-state index contributed by atoms with van der Waals surface area (Å²) in [5.41, 5.74) is 16.9. The van der Waals surface area contributed by atoms with Crippen LogP contribution in [-0.2, 0) is 24.2 Å². The van der Waals surface area contributed by atoms with Gasteiger partial charge in [-0.3, -0.25) is 14.4 Å². The quantitative estimate of drug-likeness (QED) is 0.152. The highest BCUT2D eigenvalue weighted by Crippen LogP contribution is 2.47. The minimum Gasteiger partial charge on any atom is -0.481 e. The van der Waals surface area contributed by atoms with Gasteiger partial charge in [-0.05, 0) is 118 Å². The third-order valence-corrected chi connectivity index (χ3v) is 9.70. The molecule has 0 aliphatic heterocycles. The minimum absolute atomic E-state index is 0.0255.